The summed E-state index contributed by atoms with van der Waals surface area (Å²) in [6.45, 7) is 6.43. The zero-order chi connectivity index (χ0) is 11.6. The third-order valence-corrected chi connectivity index (χ3v) is 2.95. The summed E-state index contributed by atoms with van der Waals surface area (Å²) in [6.07, 6.45) is 0. The number of nitrogens with two attached hydrogens (primary N) is 1. The molecule has 1 aromatic rings. The summed E-state index contributed by atoms with van der Waals surface area (Å²) in [5.41, 5.74) is 7.22. The molecule has 0 radical (unpaired) electrons. The van der Waals surface area contributed by atoms with Crippen molar-refractivity contribution >= 4 is 11.6 Å². The molecular formula is C12H17ClFN. The molecule has 1 rings (SSSR count). The van der Waals surface area contributed by atoms with Crippen molar-refractivity contribution in [2.24, 2.45) is 5.73 Å². The van der Waals surface area contributed by atoms with E-state index in [4.69, 9.17) is 17.3 Å². The van der Waals surface area contributed by atoms with E-state index in [9.17, 15) is 4.39 Å². The molecule has 0 saturated carbocycles. The first-order valence-corrected chi connectivity index (χ1v) is 5.54. The van der Waals surface area contributed by atoms with Crippen LogP contribution in [-0.4, -0.2) is 6.54 Å². The van der Waals surface area contributed by atoms with E-state index in [0.717, 1.165) is 5.56 Å². The summed E-state index contributed by atoms with van der Waals surface area (Å²) in [5.74, 6) is 0.0876. The zero-order valence-corrected chi connectivity index (χ0v) is 10.1. The van der Waals surface area contributed by atoms with Crippen molar-refractivity contribution in [2.75, 3.05) is 6.54 Å². The summed E-state index contributed by atoms with van der Waals surface area (Å²) in [5, 5.41) is 0.467. The third kappa shape index (κ3) is 2.70. The predicted octanol–water partition coefficient (Wildman–Crippen LogP) is 3.66. The van der Waals surface area contributed by atoms with E-state index in [0.29, 0.717) is 17.1 Å². The molecule has 0 heterocycles. The Morgan fingerprint density at radius 1 is 1.27 bits per heavy atom. The molecule has 3 heteroatoms. The van der Waals surface area contributed by atoms with Crippen molar-refractivity contribution < 1.29 is 4.39 Å². The fourth-order valence-electron chi connectivity index (χ4n) is 1.53. The first-order chi connectivity index (χ1) is 6.97. The average molecular weight is 230 g/mol. The van der Waals surface area contributed by atoms with Crippen molar-refractivity contribution in [3.8, 4) is 0 Å². The van der Waals surface area contributed by atoms with Crippen LogP contribution < -0.4 is 5.73 Å². The Morgan fingerprint density at radius 2 is 1.87 bits per heavy atom. The SMILES string of the molecule is CC(C)c1cc(C(C)CN)c(Cl)cc1F. The van der Waals surface area contributed by atoms with Gasteiger partial charge in [-0.05, 0) is 35.6 Å². The van der Waals surface area contributed by atoms with E-state index in [-0.39, 0.29) is 17.7 Å². The molecule has 0 aromatic heterocycles. The van der Waals surface area contributed by atoms with Crippen LogP contribution in [0, 0.1) is 5.82 Å². The van der Waals surface area contributed by atoms with Gasteiger partial charge in [-0.3, -0.25) is 0 Å². The maximum absolute atomic E-state index is 13.5. The molecule has 15 heavy (non-hydrogen) atoms. The molecule has 1 nitrogen and oxygen atoms in total. The largest absolute Gasteiger partial charge is 0.330 e. The number of rotatable bonds is 3. The molecule has 0 amide bonds. The monoisotopic (exact) mass is 229 g/mol. The number of hydrogen-bond acceptors (Lipinski definition) is 1. The second kappa shape index (κ2) is 4.95. The van der Waals surface area contributed by atoms with Crippen molar-refractivity contribution in [1.82, 2.24) is 0 Å². The molecule has 2 N–H and O–H groups in total. The molecule has 0 aliphatic heterocycles. The van der Waals surface area contributed by atoms with Gasteiger partial charge >= 0.3 is 0 Å². The Labute approximate surface area is 95.4 Å². The molecule has 0 aliphatic rings. The zero-order valence-electron chi connectivity index (χ0n) is 9.35. The number of halogens is 2. The van der Waals surface area contributed by atoms with Gasteiger partial charge in [-0.25, -0.2) is 4.39 Å². The van der Waals surface area contributed by atoms with Gasteiger partial charge in [0.05, 0.1) is 0 Å². The third-order valence-electron chi connectivity index (χ3n) is 2.62. The highest BCUT2D eigenvalue weighted by Crippen LogP contribution is 2.30. The molecule has 84 valence electrons. The molecule has 0 aliphatic carbocycles. The lowest BCUT2D eigenvalue weighted by Gasteiger charge is -2.15. The first-order valence-electron chi connectivity index (χ1n) is 5.16. The van der Waals surface area contributed by atoms with Gasteiger partial charge in [-0.1, -0.05) is 38.4 Å². The fourth-order valence-corrected chi connectivity index (χ4v) is 1.87. The lowest BCUT2D eigenvalue weighted by atomic mass is 9.94. The van der Waals surface area contributed by atoms with Crippen LogP contribution in [0.3, 0.4) is 0 Å². The first kappa shape index (κ1) is 12.5. The minimum atomic E-state index is -0.233. The Bertz CT molecular complexity index is 350. The summed E-state index contributed by atoms with van der Waals surface area (Å²) in [7, 11) is 0. The van der Waals surface area contributed by atoms with Crippen molar-refractivity contribution in [3.63, 3.8) is 0 Å². The van der Waals surface area contributed by atoms with Crippen LogP contribution in [0.1, 0.15) is 43.7 Å². The fraction of sp³-hybridized carbons (Fsp3) is 0.500. The van der Waals surface area contributed by atoms with Gasteiger partial charge in [0.1, 0.15) is 5.82 Å². The van der Waals surface area contributed by atoms with E-state index in [1.165, 1.54) is 6.07 Å². The number of benzene rings is 1. The minimum Gasteiger partial charge on any atom is -0.330 e. The average Bonchev–Trinajstić information content (AvgIpc) is 2.16. The van der Waals surface area contributed by atoms with Gasteiger partial charge in [-0.15, -0.1) is 0 Å². The highest BCUT2D eigenvalue weighted by atomic mass is 35.5. The predicted molar refractivity (Wildman–Crippen MR) is 63.0 cm³/mol. The maximum Gasteiger partial charge on any atom is 0.128 e. The van der Waals surface area contributed by atoms with E-state index < -0.39 is 0 Å². The Hall–Kier alpha value is -0.600. The molecule has 1 unspecified atom stereocenters. The van der Waals surface area contributed by atoms with E-state index in [1.54, 1.807) is 0 Å². The molecule has 0 saturated heterocycles. The molecule has 0 spiro atoms. The normalized spacial score (nSPS) is 13.3. The molecule has 0 fully saturated rings. The summed E-state index contributed by atoms with van der Waals surface area (Å²) >= 11 is 5.98. The Kier molecular flexibility index (Phi) is 4.12. The second-order valence-electron chi connectivity index (χ2n) is 4.19. The van der Waals surface area contributed by atoms with E-state index in [2.05, 4.69) is 0 Å². The molecular weight excluding hydrogens is 213 g/mol. The van der Waals surface area contributed by atoms with Crippen LogP contribution in [-0.2, 0) is 0 Å². The topological polar surface area (TPSA) is 26.0 Å². The lowest BCUT2D eigenvalue weighted by Crippen LogP contribution is -2.10. The van der Waals surface area contributed by atoms with Gasteiger partial charge in [0.25, 0.3) is 0 Å². The lowest BCUT2D eigenvalue weighted by molar-refractivity contribution is 0.595. The van der Waals surface area contributed by atoms with Gasteiger partial charge in [0.2, 0.25) is 0 Å². The summed E-state index contributed by atoms with van der Waals surface area (Å²) in [6, 6.07) is 3.22. The van der Waals surface area contributed by atoms with E-state index in [1.807, 2.05) is 26.8 Å². The minimum absolute atomic E-state index is 0.158. The maximum atomic E-state index is 13.5. The van der Waals surface area contributed by atoms with Crippen LogP contribution >= 0.6 is 11.6 Å². The van der Waals surface area contributed by atoms with Gasteiger partial charge in [-0.2, -0.15) is 0 Å². The second-order valence-corrected chi connectivity index (χ2v) is 4.59. The summed E-state index contributed by atoms with van der Waals surface area (Å²) < 4.78 is 13.5. The Balaban J connectivity index is 3.23. The van der Waals surface area contributed by atoms with Crippen LogP contribution in [0.2, 0.25) is 5.02 Å². The quantitative estimate of drug-likeness (QED) is 0.841. The Morgan fingerprint density at radius 3 is 2.33 bits per heavy atom. The van der Waals surface area contributed by atoms with Crippen LogP contribution in [0.15, 0.2) is 12.1 Å². The molecule has 0 bridgehead atoms. The van der Waals surface area contributed by atoms with Crippen LogP contribution in [0.25, 0.3) is 0 Å². The van der Waals surface area contributed by atoms with Crippen LogP contribution in [0.4, 0.5) is 4.39 Å². The standard InChI is InChI=1S/C12H17ClFN/c1-7(2)9-4-10(8(3)6-15)11(13)5-12(9)14/h4-5,7-8H,6,15H2,1-3H3. The van der Waals surface area contributed by atoms with Gasteiger partial charge in [0, 0.05) is 5.02 Å². The smallest absolute Gasteiger partial charge is 0.128 e. The van der Waals surface area contributed by atoms with Crippen molar-refractivity contribution in [3.05, 3.63) is 34.1 Å². The van der Waals surface area contributed by atoms with Gasteiger partial charge in [0.15, 0.2) is 0 Å². The van der Waals surface area contributed by atoms with E-state index >= 15 is 0 Å². The van der Waals surface area contributed by atoms with Crippen LogP contribution in [0.5, 0.6) is 0 Å². The number of hydrogen-bond donors (Lipinski definition) is 1. The highest BCUT2D eigenvalue weighted by molar-refractivity contribution is 6.31. The van der Waals surface area contributed by atoms with Crippen molar-refractivity contribution in [2.45, 2.75) is 32.6 Å². The van der Waals surface area contributed by atoms with Crippen molar-refractivity contribution in [1.29, 1.82) is 0 Å². The molecule has 1 atom stereocenters. The summed E-state index contributed by atoms with van der Waals surface area (Å²) in [4.78, 5) is 0. The van der Waals surface area contributed by atoms with Gasteiger partial charge < -0.3 is 5.73 Å². The molecule has 1 aromatic carbocycles. The highest BCUT2D eigenvalue weighted by Gasteiger charge is 2.14.